The SMILES string of the molecule is Cc1csc(NC(=O)C(=O)NCc2cccnc2)n1. The Labute approximate surface area is 113 Å². The highest BCUT2D eigenvalue weighted by Gasteiger charge is 2.14. The van der Waals surface area contributed by atoms with Crippen molar-refractivity contribution in [3.8, 4) is 0 Å². The van der Waals surface area contributed by atoms with E-state index in [-0.39, 0.29) is 6.54 Å². The number of nitrogens with zero attached hydrogens (tertiary/aromatic N) is 2. The second kappa shape index (κ2) is 6.05. The minimum Gasteiger partial charge on any atom is -0.344 e. The van der Waals surface area contributed by atoms with Gasteiger partial charge in [-0.05, 0) is 18.6 Å². The summed E-state index contributed by atoms with van der Waals surface area (Å²) in [5.74, 6) is -1.42. The monoisotopic (exact) mass is 276 g/mol. The van der Waals surface area contributed by atoms with E-state index in [1.807, 2.05) is 13.0 Å². The molecule has 0 fully saturated rings. The van der Waals surface area contributed by atoms with Crippen LogP contribution in [0.1, 0.15) is 11.3 Å². The predicted molar refractivity (Wildman–Crippen MR) is 71.6 cm³/mol. The van der Waals surface area contributed by atoms with E-state index < -0.39 is 11.8 Å². The zero-order valence-corrected chi connectivity index (χ0v) is 11.0. The Morgan fingerprint density at radius 2 is 2.21 bits per heavy atom. The maximum absolute atomic E-state index is 11.6. The molecule has 0 aliphatic heterocycles. The molecule has 19 heavy (non-hydrogen) atoms. The standard InChI is InChI=1S/C12H12N4O2S/c1-8-7-19-12(15-8)16-11(18)10(17)14-6-9-3-2-4-13-5-9/h2-5,7H,6H2,1H3,(H,14,17)(H,15,16,18). The van der Waals surface area contributed by atoms with Crippen LogP contribution in [0, 0.1) is 6.92 Å². The molecule has 0 atom stereocenters. The van der Waals surface area contributed by atoms with Gasteiger partial charge in [-0.25, -0.2) is 4.98 Å². The Hall–Kier alpha value is -2.28. The van der Waals surface area contributed by atoms with Crippen LogP contribution in [0.5, 0.6) is 0 Å². The molecule has 0 aliphatic rings. The maximum atomic E-state index is 11.6. The molecule has 6 nitrogen and oxygen atoms in total. The number of thiazole rings is 1. The number of amides is 2. The van der Waals surface area contributed by atoms with Crippen molar-refractivity contribution >= 4 is 28.3 Å². The normalized spacial score (nSPS) is 9.95. The van der Waals surface area contributed by atoms with Crippen molar-refractivity contribution in [3.63, 3.8) is 0 Å². The lowest BCUT2D eigenvalue weighted by molar-refractivity contribution is -0.136. The number of hydrogen-bond donors (Lipinski definition) is 2. The van der Waals surface area contributed by atoms with Gasteiger partial charge < -0.3 is 5.32 Å². The molecule has 2 rings (SSSR count). The molecule has 0 radical (unpaired) electrons. The summed E-state index contributed by atoms with van der Waals surface area (Å²) in [4.78, 5) is 31.1. The largest absolute Gasteiger partial charge is 0.344 e. The molecule has 7 heteroatoms. The summed E-state index contributed by atoms with van der Waals surface area (Å²) in [7, 11) is 0. The number of pyridine rings is 1. The van der Waals surface area contributed by atoms with E-state index in [0.29, 0.717) is 5.13 Å². The summed E-state index contributed by atoms with van der Waals surface area (Å²) in [6.45, 7) is 2.08. The lowest BCUT2D eigenvalue weighted by Crippen LogP contribution is -2.34. The van der Waals surface area contributed by atoms with Crippen molar-refractivity contribution < 1.29 is 9.59 Å². The van der Waals surface area contributed by atoms with E-state index >= 15 is 0 Å². The van der Waals surface area contributed by atoms with Gasteiger partial charge in [0.1, 0.15) is 0 Å². The molecule has 2 aromatic heterocycles. The van der Waals surface area contributed by atoms with Gasteiger partial charge in [0.05, 0.1) is 5.69 Å². The van der Waals surface area contributed by atoms with Crippen LogP contribution in [0.4, 0.5) is 5.13 Å². The van der Waals surface area contributed by atoms with Gasteiger partial charge in [-0.1, -0.05) is 6.07 Å². The molecule has 0 aliphatic carbocycles. The highest BCUT2D eigenvalue weighted by molar-refractivity contribution is 7.14. The Morgan fingerprint density at radius 1 is 1.37 bits per heavy atom. The second-order valence-electron chi connectivity index (χ2n) is 3.79. The fourth-order valence-corrected chi connectivity index (χ4v) is 2.01. The molecule has 0 spiro atoms. The topological polar surface area (TPSA) is 84.0 Å². The predicted octanol–water partition coefficient (Wildman–Crippen LogP) is 1.10. The van der Waals surface area contributed by atoms with Crippen molar-refractivity contribution in [2.45, 2.75) is 13.5 Å². The number of nitrogens with one attached hydrogen (secondary N) is 2. The average Bonchev–Trinajstić information content (AvgIpc) is 2.82. The second-order valence-corrected chi connectivity index (χ2v) is 4.65. The van der Waals surface area contributed by atoms with Crippen LogP contribution in [0.2, 0.25) is 0 Å². The highest BCUT2D eigenvalue weighted by Crippen LogP contribution is 2.13. The van der Waals surface area contributed by atoms with Crippen LogP contribution in [-0.2, 0) is 16.1 Å². The van der Waals surface area contributed by atoms with Crippen molar-refractivity contribution in [3.05, 3.63) is 41.2 Å². The number of hydrogen-bond acceptors (Lipinski definition) is 5. The molecule has 2 heterocycles. The Balaban J connectivity index is 1.84. The number of carbonyl (C=O) groups is 2. The molecule has 0 saturated carbocycles. The van der Waals surface area contributed by atoms with Crippen molar-refractivity contribution in [2.24, 2.45) is 0 Å². The third kappa shape index (κ3) is 3.85. The number of aromatic nitrogens is 2. The van der Waals surface area contributed by atoms with Gasteiger partial charge in [0.2, 0.25) is 0 Å². The third-order valence-electron chi connectivity index (χ3n) is 2.22. The molecule has 98 valence electrons. The van der Waals surface area contributed by atoms with E-state index in [1.165, 1.54) is 11.3 Å². The zero-order valence-electron chi connectivity index (χ0n) is 10.2. The number of aryl methyl sites for hydroxylation is 1. The first-order chi connectivity index (χ1) is 9.15. The summed E-state index contributed by atoms with van der Waals surface area (Å²) in [5.41, 5.74) is 1.63. The van der Waals surface area contributed by atoms with Crippen molar-refractivity contribution in [2.75, 3.05) is 5.32 Å². The molecule has 2 amide bonds. The van der Waals surface area contributed by atoms with E-state index in [2.05, 4.69) is 20.6 Å². The summed E-state index contributed by atoms with van der Waals surface area (Å²) < 4.78 is 0. The smallest absolute Gasteiger partial charge is 0.315 e. The zero-order chi connectivity index (χ0) is 13.7. The van der Waals surface area contributed by atoms with E-state index in [4.69, 9.17) is 0 Å². The van der Waals surface area contributed by atoms with Gasteiger partial charge in [0.25, 0.3) is 0 Å². The van der Waals surface area contributed by atoms with E-state index in [1.54, 1.807) is 23.8 Å². The molecular formula is C12H12N4O2S. The highest BCUT2D eigenvalue weighted by atomic mass is 32.1. The van der Waals surface area contributed by atoms with Crippen LogP contribution < -0.4 is 10.6 Å². The number of carbonyl (C=O) groups excluding carboxylic acids is 2. The van der Waals surface area contributed by atoms with Crippen LogP contribution in [0.25, 0.3) is 0 Å². The van der Waals surface area contributed by atoms with Crippen LogP contribution in [0.15, 0.2) is 29.9 Å². The fourth-order valence-electron chi connectivity index (χ4n) is 1.33. The van der Waals surface area contributed by atoms with Gasteiger partial charge >= 0.3 is 11.8 Å². The summed E-state index contributed by atoms with van der Waals surface area (Å²) in [6, 6.07) is 3.58. The summed E-state index contributed by atoms with van der Waals surface area (Å²) in [6.07, 6.45) is 3.27. The average molecular weight is 276 g/mol. The first-order valence-electron chi connectivity index (χ1n) is 5.55. The summed E-state index contributed by atoms with van der Waals surface area (Å²) in [5, 5.41) is 7.16. The number of rotatable bonds is 3. The van der Waals surface area contributed by atoms with E-state index in [0.717, 1.165) is 11.3 Å². The number of anilines is 1. The summed E-state index contributed by atoms with van der Waals surface area (Å²) >= 11 is 1.28. The van der Waals surface area contributed by atoms with Crippen LogP contribution >= 0.6 is 11.3 Å². The molecule has 2 N–H and O–H groups in total. The maximum Gasteiger partial charge on any atom is 0.315 e. The molecular weight excluding hydrogens is 264 g/mol. The first-order valence-corrected chi connectivity index (χ1v) is 6.43. The van der Waals surface area contributed by atoms with Gasteiger partial charge in [0, 0.05) is 24.3 Å². The van der Waals surface area contributed by atoms with Crippen LogP contribution in [0.3, 0.4) is 0 Å². The Kier molecular flexibility index (Phi) is 4.19. The van der Waals surface area contributed by atoms with Gasteiger partial charge in [0.15, 0.2) is 5.13 Å². The first kappa shape index (κ1) is 13.2. The van der Waals surface area contributed by atoms with E-state index in [9.17, 15) is 9.59 Å². The van der Waals surface area contributed by atoms with Crippen molar-refractivity contribution in [1.29, 1.82) is 0 Å². The molecule has 0 aromatic carbocycles. The van der Waals surface area contributed by atoms with Gasteiger partial charge in [-0.3, -0.25) is 19.9 Å². The molecule has 0 saturated heterocycles. The van der Waals surface area contributed by atoms with Crippen LogP contribution in [-0.4, -0.2) is 21.8 Å². The Morgan fingerprint density at radius 3 is 2.84 bits per heavy atom. The minimum absolute atomic E-state index is 0.261. The quantitative estimate of drug-likeness (QED) is 0.822. The van der Waals surface area contributed by atoms with Gasteiger partial charge in [-0.2, -0.15) is 0 Å². The van der Waals surface area contributed by atoms with Crippen molar-refractivity contribution in [1.82, 2.24) is 15.3 Å². The molecule has 0 unspecified atom stereocenters. The lowest BCUT2D eigenvalue weighted by atomic mass is 10.3. The fraction of sp³-hybridized carbons (Fsp3) is 0.167. The lowest BCUT2D eigenvalue weighted by Gasteiger charge is -2.04. The van der Waals surface area contributed by atoms with Gasteiger partial charge in [-0.15, -0.1) is 11.3 Å². The molecule has 0 bridgehead atoms. The minimum atomic E-state index is -0.724. The Bertz CT molecular complexity index is 582. The third-order valence-corrected chi connectivity index (χ3v) is 3.10. The molecule has 2 aromatic rings.